The van der Waals surface area contributed by atoms with E-state index in [1.165, 1.54) is 30.7 Å². The summed E-state index contributed by atoms with van der Waals surface area (Å²) < 4.78 is 0. The van der Waals surface area contributed by atoms with Crippen LogP contribution in [0.3, 0.4) is 0 Å². The van der Waals surface area contributed by atoms with Crippen LogP contribution in [0.2, 0.25) is 0 Å². The largest absolute Gasteiger partial charge is 0.316 e. The predicted molar refractivity (Wildman–Crippen MR) is 69.8 cm³/mol. The smallest absolute Gasteiger partial charge is 0.0940 e. The second-order valence-electron chi connectivity index (χ2n) is 5.06. The van der Waals surface area contributed by atoms with Gasteiger partial charge >= 0.3 is 0 Å². The second-order valence-corrected chi connectivity index (χ2v) is 6.04. The van der Waals surface area contributed by atoms with E-state index in [-0.39, 0.29) is 0 Å². The average molecular weight is 238 g/mol. The van der Waals surface area contributed by atoms with Crippen LogP contribution in [-0.2, 0) is 6.42 Å². The zero-order valence-corrected chi connectivity index (χ0v) is 11.1. The van der Waals surface area contributed by atoms with Gasteiger partial charge in [-0.15, -0.1) is 11.3 Å². The van der Waals surface area contributed by atoms with Crippen molar-refractivity contribution >= 4 is 11.3 Å². The number of hydrogen-bond donors (Lipinski definition) is 1. The lowest BCUT2D eigenvalue weighted by atomic mass is 9.78. The van der Waals surface area contributed by atoms with Crippen LogP contribution in [0.15, 0.2) is 11.6 Å². The van der Waals surface area contributed by atoms with Gasteiger partial charge in [-0.2, -0.15) is 0 Å². The zero-order chi connectivity index (χ0) is 11.4. The van der Waals surface area contributed by atoms with Crippen LogP contribution in [0.5, 0.6) is 0 Å². The van der Waals surface area contributed by atoms with Gasteiger partial charge in [-0.25, -0.2) is 4.98 Å². The Labute approximate surface area is 102 Å². The summed E-state index contributed by atoms with van der Waals surface area (Å²) in [5.41, 5.74) is 0. The molecule has 0 spiro atoms. The molecule has 0 aromatic carbocycles. The molecule has 90 valence electrons. The second kappa shape index (κ2) is 5.78. The van der Waals surface area contributed by atoms with E-state index in [2.05, 4.69) is 29.7 Å². The van der Waals surface area contributed by atoms with Crippen molar-refractivity contribution in [1.82, 2.24) is 10.3 Å². The van der Waals surface area contributed by atoms with Crippen molar-refractivity contribution in [3.8, 4) is 0 Å². The third-order valence-electron chi connectivity index (χ3n) is 3.79. The summed E-state index contributed by atoms with van der Waals surface area (Å²) in [5.74, 6) is 1.75. The Morgan fingerprint density at radius 2 is 2.44 bits per heavy atom. The number of likely N-dealkylation sites (N-methyl/N-ethyl adjacent to an activating group) is 1. The van der Waals surface area contributed by atoms with Gasteiger partial charge in [-0.05, 0) is 31.7 Å². The summed E-state index contributed by atoms with van der Waals surface area (Å²) >= 11 is 1.78. The minimum absolute atomic E-state index is 0.619. The lowest BCUT2D eigenvalue weighted by Crippen LogP contribution is -2.37. The maximum Gasteiger partial charge on any atom is 0.0940 e. The molecule has 1 N–H and O–H groups in total. The number of thiazole rings is 1. The van der Waals surface area contributed by atoms with Crippen LogP contribution in [-0.4, -0.2) is 18.1 Å². The first-order chi connectivity index (χ1) is 7.79. The normalized spacial score (nSPS) is 27.9. The Bertz CT molecular complexity index is 297. The Balaban J connectivity index is 1.93. The number of rotatable bonds is 4. The zero-order valence-electron chi connectivity index (χ0n) is 10.3. The molecule has 0 amide bonds. The summed E-state index contributed by atoms with van der Waals surface area (Å²) in [6, 6.07) is 0.619. The highest BCUT2D eigenvalue weighted by molar-refractivity contribution is 7.09. The third-order valence-corrected chi connectivity index (χ3v) is 4.60. The first kappa shape index (κ1) is 12.1. The molecule has 2 rings (SSSR count). The van der Waals surface area contributed by atoms with Crippen molar-refractivity contribution in [1.29, 1.82) is 0 Å². The summed E-state index contributed by atoms with van der Waals surface area (Å²) in [6.07, 6.45) is 8.62. The maximum absolute atomic E-state index is 4.40. The van der Waals surface area contributed by atoms with Gasteiger partial charge in [-0.1, -0.05) is 19.8 Å². The van der Waals surface area contributed by atoms with Gasteiger partial charge in [0.25, 0.3) is 0 Å². The van der Waals surface area contributed by atoms with Gasteiger partial charge in [0.1, 0.15) is 0 Å². The van der Waals surface area contributed by atoms with Crippen LogP contribution >= 0.6 is 11.3 Å². The Hall–Kier alpha value is -0.410. The molecule has 3 unspecified atom stereocenters. The van der Waals surface area contributed by atoms with Gasteiger partial charge in [0.2, 0.25) is 0 Å². The first-order valence-electron chi connectivity index (χ1n) is 6.35. The molecular weight excluding hydrogens is 216 g/mol. The van der Waals surface area contributed by atoms with E-state index in [1.54, 1.807) is 11.3 Å². The minimum Gasteiger partial charge on any atom is -0.316 e. The summed E-state index contributed by atoms with van der Waals surface area (Å²) in [4.78, 5) is 4.40. The maximum atomic E-state index is 4.40. The molecule has 0 saturated heterocycles. The summed E-state index contributed by atoms with van der Waals surface area (Å²) in [6.45, 7) is 2.39. The molecule has 2 nitrogen and oxygen atoms in total. The standard InChI is InChI=1S/C13H22N2S/c1-10-4-3-5-11(8-10)12(14-2)9-13-15-6-7-16-13/h6-7,10-12,14H,3-5,8-9H2,1-2H3. The number of aromatic nitrogens is 1. The van der Waals surface area contributed by atoms with E-state index in [9.17, 15) is 0 Å². The average Bonchev–Trinajstić information content (AvgIpc) is 2.78. The summed E-state index contributed by atoms with van der Waals surface area (Å²) in [7, 11) is 2.09. The van der Waals surface area contributed by atoms with E-state index >= 15 is 0 Å². The van der Waals surface area contributed by atoms with Gasteiger partial charge in [0.05, 0.1) is 5.01 Å². The van der Waals surface area contributed by atoms with Crippen molar-refractivity contribution in [2.75, 3.05) is 7.05 Å². The number of nitrogens with zero attached hydrogens (tertiary/aromatic N) is 1. The molecule has 3 atom stereocenters. The summed E-state index contributed by atoms with van der Waals surface area (Å²) in [5, 5.41) is 6.85. The molecule has 0 aliphatic heterocycles. The van der Waals surface area contributed by atoms with Gasteiger partial charge in [0.15, 0.2) is 0 Å². The van der Waals surface area contributed by atoms with Crippen LogP contribution in [0.4, 0.5) is 0 Å². The van der Waals surface area contributed by atoms with Gasteiger partial charge < -0.3 is 5.32 Å². The number of hydrogen-bond acceptors (Lipinski definition) is 3. The highest BCUT2D eigenvalue weighted by Gasteiger charge is 2.26. The van der Waals surface area contributed by atoms with Gasteiger partial charge in [0, 0.05) is 24.0 Å². The molecular formula is C13H22N2S. The van der Waals surface area contributed by atoms with E-state index in [4.69, 9.17) is 0 Å². The quantitative estimate of drug-likeness (QED) is 0.872. The Morgan fingerprint density at radius 1 is 1.56 bits per heavy atom. The molecule has 1 heterocycles. The topological polar surface area (TPSA) is 24.9 Å². The molecule has 1 aromatic rings. The number of nitrogens with one attached hydrogen (secondary N) is 1. The van der Waals surface area contributed by atoms with E-state index in [1.807, 2.05) is 6.20 Å². The predicted octanol–water partition coefficient (Wildman–Crippen LogP) is 3.10. The van der Waals surface area contributed by atoms with E-state index < -0.39 is 0 Å². The van der Waals surface area contributed by atoms with E-state index in [0.717, 1.165) is 18.3 Å². The van der Waals surface area contributed by atoms with Crippen molar-refractivity contribution in [3.05, 3.63) is 16.6 Å². The molecule has 16 heavy (non-hydrogen) atoms. The van der Waals surface area contributed by atoms with Crippen molar-refractivity contribution < 1.29 is 0 Å². The molecule has 1 aliphatic rings. The molecule has 0 bridgehead atoms. The molecule has 0 radical (unpaired) electrons. The molecule has 1 aromatic heterocycles. The highest BCUT2D eigenvalue weighted by atomic mass is 32.1. The lowest BCUT2D eigenvalue weighted by Gasteiger charge is -2.32. The van der Waals surface area contributed by atoms with Crippen LogP contribution in [0, 0.1) is 11.8 Å². The minimum atomic E-state index is 0.619. The van der Waals surface area contributed by atoms with Crippen molar-refractivity contribution in [2.45, 2.75) is 45.1 Å². The van der Waals surface area contributed by atoms with Crippen molar-refractivity contribution in [3.63, 3.8) is 0 Å². The molecule has 3 heteroatoms. The fourth-order valence-corrected chi connectivity index (χ4v) is 3.57. The lowest BCUT2D eigenvalue weighted by molar-refractivity contribution is 0.227. The Kier molecular flexibility index (Phi) is 4.36. The van der Waals surface area contributed by atoms with Crippen LogP contribution < -0.4 is 5.32 Å². The third kappa shape index (κ3) is 3.05. The SMILES string of the molecule is CNC(Cc1nccs1)C1CCCC(C)C1. The van der Waals surface area contributed by atoms with Crippen molar-refractivity contribution in [2.24, 2.45) is 11.8 Å². The van der Waals surface area contributed by atoms with Crippen LogP contribution in [0.25, 0.3) is 0 Å². The van der Waals surface area contributed by atoms with Crippen LogP contribution in [0.1, 0.15) is 37.6 Å². The van der Waals surface area contributed by atoms with Gasteiger partial charge in [-0.3, -0.25) is 0 Å². The highest BCUT2D eigenvalue weighted by Crippen LogP contribution is 2.31. The fourth-order valence-electron chi connectivity index (χ4n) is 2.89. The monoisotopic (exact) mass is 238 g/mol. The van der Waals surface area contributed by atoms with E-state index in [0.29, 0.717) is 6.04 Å². The molecule has 1 fully saturated rings. The first-order valence-corrected chi connectivity index (χ1v) is 7.23. The Morgan fingerprint density at radius 3 is 3.06 bits per heavy atom. The molecule has 1 saturated carbocycles. The fraction of sp³-hybridized carbons (Fsp3) is 0.769. The molecule has 1 aliphatic carbocycles.